The molecule has 19 heavy (non-hydrogen) atoms. The predicted octanol–water partition coefficient (Wildman–Crippen LogP) is 3.06. The Kier molecular flexibility index (Phi) is 3.90. The third kappa shape index (κ3) is 2.49. The number of imidazole rings is 1. The van der Waals surface area contributed by atoms with Gasteiger partial charge in [-0.2, -0.15) is 0 Å². The predicted molar refractivity (Wildman–Crippen MR) is 77.0 cm³/mol. The van der Waals surface area contributed by atoms with Gasteiger partial charge < -0.3 is 15.5 Å². The topological polar surface area (TPSA) is 63.9 Å². The first-order valence-electron chi connectivity index (χ1n) is 6.62. The summed E-state index contributed by atoms with van der Waals surface area (Å²) in [5.41, 5.74) is 7.90. The van der Waals surface area contributed by atoms with Crippen LogP contribution < -0.4 is 10.5 Å². The summed E-state index contributed by atoms with van der Waals surface area (Å²) in [5.74, 6) is 1.66. The van der Waals surface area contributed by atoms with Crippen LogP contribution in [0.25, 0.3) is 11.3 Å². The third-order valence-corrected chi connectivity index (χ3v) is 3.71. The molecule has 0 radical (unpaired) electrons. The molecule has 0 amide bonds. The summed E-state index contributed by atoms with van der Waals surface area (Å²) in [6.45, 7) is 4.16. The normalized spacial score (nSPS) is 11.6. The zero-order valence-corrected chi connectivity index (χ0v) is 11.7. The summed E-state index contributed by atoms with van der Waals surface area (Å²) < 4.78 is 5.37. The lowest BCUT2D eigenvalue weighted by atomic mass is 9.93. The minimum absolute atomic E-state index is 0.389. The lowest BCUT2D eigenvalue weighted by molar-refractivity contribution is 0.390. The van der Waals surface area contributed by atoms with Gasteiger partial charge in [-0.25, -0.2) is 4.98 Å². The summed E-state index contributed by atoms with van der Waals surface area (Å²) in [4.78, 5) is 7.78. The van der Waals surface area contributed by atoms with E-state index < -0.39 is 0 Å². The number of hydrogen-bond donors (Lipinski definition) is 2. The second-order valence-corrected chi connectivity index (χ2v) is 4.71. The highest BCUT2D eigenvalue weighted by atomic mass is 16.5. The first-order valence-corrected chi connectivity index (χ1v) is 6.62. The molecule has 0 unspecified atom stereocenters. The average molecular weight is 259 g/mol. The van der Waals surface area contributed by atoms with E-state index in [0.717, 1.165) is 35.7 Å². The molecule has 1 aromatic carbocycles. The van der Waals surface area contributed by atoms with Crippen molar-refractivity contribution < 1.29 is 4.74 Å². The molecule has 1 heterocycles. The molecule has 1 aromatic heterocycles. The largest absolute Gasteiger partial charge is 0.496 e. The number of nitrogens with zero attached hydrogens (tertiary/aromatic N) is 1. The number of benzene rings is 1. The summed E-state index contributed by atoms with van der Waals surface area (Å²) in [6, 6.07) is 7.87. The van der Waals surface area contributed by atoms with Gasteiger partial charge in [-0.15, -0.1) is 0 Å². The van der Waals surface area contributed by atoms with E-state index in [-0.39, 0.29) is 5.54 Å². The third-order valence-electron chi connectivity index (χ3n) is 3.71. The van der Waals surface area contributed by atoms with Gasteiger partial charge in [0.25, 0.3) is 0 Å². The Morgan fingerprint density at radius 2 is 1.95 bits per heavy atom. The van der Waals surface area contributed by atoms with Gasteiger partial charge in [0.15, 0.2) is 0 Å². The van der Waals surface area contributed by atoms with Crippen LogP contribution in [0.2, 0.25) is 0 Å². The second-order valence-electron chi connectivity index (χ2n) is 4.71. The number of rotatable bonds is 5. The zero-order valence-electron chi connectivity index (χ0n) is 11.7. The molecule has 0 spiro atoms. The highest BCUT2D eigenvalue weighted by Crippen LogP contribution is 2.30. The molecule has 0 aliphatic rings. The molecule has 0 saturated carbocycles. The van der Waals surface area contributed by atoms with Crippen LogP contribution in [-0.2, 0) is 5.54 Å². The van der Waals surface area contributed by atoms with Crippen molar-refractivity contribution in [2.24, 2.45) is 5.73 Å². The monoisotopic (exact) mass is 259 g/mol. The number of methoxy groups -OCH3 is 1. The fourth-order valence-electron chi connectivity index (χ4n) is 2.16. The molecule has 2 aromatic rings. The van der Waals surface area contributed by atoms with Gasteiger partial charge in [0, 0.05) is 5.56 Å². The van der Waals surface area contributed by atoms with E-state index in [0.29, 0.717) is 0 Å². The Morgan fingerprint density at radius 1 is 1.26 bits per heavy atom. The van der Waals surface area contributed by atoms with Gasteiger partial charge >= 0.3 is 0 Å². The molecule has 2 rings (SSSR count). The number of nitrogens with one attached hydrogen (secondary N) is 1. The van der Waals surface area contributed by atoms with Crippen LogP contribution in [-0.4, -0.2) is 17.1 Å². The Morgan fingerprint density at radius 3 is 2.58 bits per heavy atom. The van der Waals surface area contributed by atoms with E-state index >= 15 is 0 Å². The van der Waals surface area contributed by atoms with Gasteiger partial charge in [-0.3, -0.25) is 0 Å². The molecular weight excluding hydrogens is 238 g/mol. The van der Waals surface area contributed by atoms with Crippen LogP contribution in [0.5, 0.6) is 5.75 Å². The fourth-order valence-corrected chi connectivity index (χ4v) is 2.16. The molecule has 0 atom stereocenters. The van der Waals surface area contributed by atoms with Gasteiger partial charge in [0.2, 0.25) is 0 Å². The van der Waals surface area contributed by atoms with Gasteiger partial charge in [0.05, 0.1) is 24.5 Å². The van der Waals surface area contributed by atoms with Crippen LogP contribution in [0.15, 0.2) is 30.5 Å². The van der Waals surface area contributed by atoms with Crippen LogP contribution in [0, 0.1) is 0 Å². The number of H-pyrrole nitrogens is 1. The first kappa shape index (κ1) is 13.6. The van der Waals surface area contributed by atoms with Crippen LogP contribution >= 0.6 is 0 Å². The lowest BCUT2D eigenvalue weighted by Gasteiger charge is -2.23. The van der Waals surface area contributed by atoms with E-state index in [2.05, 4.69) is 23.8 Å². The van der Waals surface area contributed by atoms with Crippen molar-refractivity contribution in [3.05, 3.63) is 36.3 Å². The maximum Gasteiger partial charge on any atom is 0.128 e. The number of aromatic nitrogens is 2. The highest BCUT2D eigenvalue weighted by molar-refractivity contribution is 5.66. The summed E-state index contributed by atoms with van der Waals surface area (Å²) in [5, 5.41) is 0. The molecule has 4 heteroatoms. The number of ether oxygens (including phenoxy) is 1. The Hall–Kier alpha value is -1.81. The molecular formula is C15H21N3O. The maximum atomic E-state index is 6.35. The minimum atomic E-state index is -0.389. The molecule has 3 N–H and O–H groups in total. The van der Waals surface area contributed by atoms with Crippen molar-refractivity contribution in [3.8, 4) is 17.0 Å². The van der Waals surface area contributed by atoms with Crippen molar-refractivity contribution in [1.82, 2.24) is 9.97 Å². The smallest absolute Gasteiger partial charge is 0.128 e. The average Bonchev–Trinajstić information content (AvgIpc) is 2.96. The zero-order chi connectivity index (χ0) is 13.9. The van der Waals surface area contributed by atoms with Gasteiger partial charge in [-0.05, 0) is 25.0 Å². The van der Waals surface area contributed by atoms with Gasteiger partial charge in [-0.1, -0.05) is 26.0 Å². The van der Waals surface area contributed by atoms with E-state index in [1.807, 2.05) is 30.5 Å². The number of aromatic amines is 1. The second kappa shape index (κ2) is 5.45. The van der Waals surface area contributed by atoms with Crippen molar-refractivity contribution in [2.75, 3.05) is 7.11 Å². The molecule has 0 bridgehead atoms. The minimum Gasteiger partial charge on any atom is -0.496 e. The maximum absolute atomic E-state index is 6.35. The fraction of sp³-hybridized carbons (Fsp3) is 0.400. The standard InChI is InChI=1S/C15H21N3O/c1-4-15(16,5-2)14-17-10-12(18-14)11-8-6-7-9-13(11)19-3/h6-10H,4-5,16H2,1-3H3,(H,17,18). The van der Waals surface area contributed by atoms with E-state index in [4.69, 9.17) is 10.5 Å². The van der Waals surface area contributed by atoms with Crippen molar-refractivity contribution >= 4 is 0 Å². The number of nitrogens with two attached hydrogens (primary N) is 1. The van der Waals surface area contributed by atoms with E-state index in [1.54, 1.807) is 7.11 Å². The van der Waals surface area contributed by atoms with E-state index in [1.165, 1.54) is 0 Å². The molecule has 102 valence electrons. The lowest BCUT2D eigenvalue weighted by Crippen LogP contribution is -2.36. The molecule has 0 aliphatic heterocycles. The van der Waals surface area contributed by atoms with E-state index in [9.17, 15) is 0 Å². The summed E-state index contributed by atoms with van der Waals surface area (Å²) in [7, 11) is 1.67. The quantitative estimate of drug-likeness (QED) is 0.867. The van der Waals surface area contributed by atoms with Gasteiger partial charge in [0.1, 0.15) is 11.6 Å². The summed E-state index contributed by atoms with van der Waals surface area (Å²) in [6.07, 6.45) is 3.52. The van der Waals surface area contributed by atoms with Crippen LogP contribution in [0.1, 0.15) is 32.5 Å². The Balaban J connectivity index is 2.41. The van der Waals surface area contributed by atoms with Crippen LogP contribution in [0.3, 0.4) is 0 Å². The molecule has 0 aliphatic carbocycles. The summed E-state index contributed by atoms with van der Waals surface area (Å²) >= 11 is 0. The molecule has 4 nitrogen and oxygen atoms in total. The number of para-hydroxylation sites is 1. The SMILES string of the molecule is CCC(N)(CC)c1ncc(-c2ccccc2OC)[nH]1. The molecule has 0 fully saturated rings. The molecule has 0 saturated heterocycles. The highest BCUT2D eigenvalue weighted by Gasteiger charge is 2.26. The Bertz CT molecular complexity index is 544. The van der Waals surface area contributed by atoms with Crippen molar-refractivity contribution in [1.29, 1.82) is 0 Å². The number of hydrogen-bond acceptors (Lipinski definition) is 3. The van der Waals surface area contributed by atoms with Crippen molar-refractivity contribution in [2.45, 2.75) is 32.2 Å². The first-order chi connectivity index (χ1) is 9.14. The van der Waals surface area contributed by atoms with Crippen LogP contribution in [0.4, 0.5) is 0 Å². The van der Waals surface area contributed by atoms with Crippen molar-refractivity contribution in [3.63, 3.8) is 0 Å². The Labute approximate surface area is 114 Å².